The van der Waals surface area contributed by atoms with Crippen molar-refractivity contribution in [2.45, 2.75) is 46.7 Å². The molecule has 2 rings (SSSR count). The molecule has 2 atom stereocenters. The van der Waals surface area contributed by atoms with Gasteiger partial charge in [0, 0.05) is 0 Å². The van der Waals surface area contributed by atoms with Crippen LogP contribution in [-0.2, 0) is 15.9 Å². The second-order valence-corrected chi connectivity index (χ2v) is 7.37. The summed E-state index contributed by atoms with van der Waals surface area (Å²) in [6.45, 7) is 16.3. The molecule has 0 spiro atoms. The number of hydrogen-bond donors (Lipinski definition) is 0. The van der Waals surface area contributed by atoms with Crippen molar-refractivity contribution in [1.82, 2.24) is 0 Å². The zero-order chi connectivity index (χ0) is 21.2. The third kappa shape index (κ3) is 8.99. The Morgan fingerprint density at radius 2 is 1.03 bits per heavy atom. The van der Waals surface area contributed by atoms with Crippen LogP contribution >= 0.6 is 0 Å². The lowest BCUT2D eigenvalue weighted by molar-refractivity contribution is -0.0575. The quantitative estimate of drug-likeness (QED) is 0.330. The van der Waals surface area contributed by atoms with Gasteiger partial charge in [-0.2, -0.15) is 0 Å². The third-order valence-electron chi connectivity index (χ3n) is 3.99. The minimum atomic E-state index is -0.313. The highest BCUT2D eigenvalue weighted by Crippen LogP contribution is 2.19. The molecule has 0 aliphatic carbocycles. The summed E-state index contributed by atoms with van der Waals surface area (Å²) in [5, 5.41) is 0. The van der Waals surface area contributed by atoms with Gasteiger partial charge in [0.05, 0.1) is 13.2 Å². The van der Waals surface area contributed by atoms with Gasteiger partial charge in [0.1, 0.15) is 11.5 Å². The number of rotatable bonds is 12. The molecule has 0 amide bonds. The Hall–Kier alpha value is -2.56. The van der Waals surface area contributed by atoms with Crippen LogP contribution in [-0.4, -0.2) is 25.8 Å². The Bertz CT molecular complexity index is 710. The van der Waals surface area contributed by atoms with Crippen molar-refractivity contribution in [1.29, 1.82) is 0 Å². The lowest BCUT2D eigenvalue weighted by Crippen LogP contribution is -2.17. The molecule has 0 heterocycles. The first-order valence-electron chi connectivity index (χ1n) is 9.85. The van der Waals surface area contributed by atoms with E-state index in [1.807, 2.05) is 52.0 Å². The number of ether oxygens (including phenoxy) is 4. The SMILES string of the molecule is C=C(C)COC(C)Oc1ccc(Cc2ccc(OC(C)OCC(=C)C)cc2)cc1. The van der Waals surface area contributed by atoms with Crippen LogP contribution in [0.4, 0.5) is 0 Å². The van der Waals surface area contributed by atoms with E-state index in [1.54, 1.807) is 0 Å². The van der Waals surface area contributed by atoms with E-state index in [1.165, 1.54) is 11.1 Å². The first-order valence-corrected chi connectivity index (χ1v) is 9.85. The smallest absolute Gasteiger partial charge is 0.197 e. The summed E-state index contributed by atoms with van der Waals surface area (Å²) >= 11 is 0. The molecule has 0 bridgehead atoms. The van der Waals surface area contributed by atoms with Crippen molar-refractivity contribution in [2.24, 2.45) is 0 Å². The highest BCUT2D eigenvalue weighted by Gasteiger charge is 2.06. The summed E-state index contributed by atoms with van der Waals surface area (Å²) in [4.78, 5) is 0. The topological polar surface area (TPSA) is 36.9 Å². The lowest BCUT2D eigenvalue weighted by Gasteiger charge is -2.16. The summed E-state index contributed by atoms with van der Waals surface area (Å²) in [6, 6.07) is 16.1. The second-order valence-electron chi connectivity index (χ2n) is 7.37. The summed E-state index contributed by atoms with van der Waals surface area (Å²) in [5.41, 5.74) is 4.36. The largest absolute Gasteiger partial charge is 0.465 e. The predicted octanol–water partition coefficient (Wildman–Crippen LogP) is 5.91. The Morgan fingerprint density at radius 1 is 0.690 bits per heavy atom. The maximum atomic E-state index is 5.76. The van der Waals surface area contributed by atoms with E-state index in [9.17, 15) is 0 Å². The van der Waals surface area contributed by atoms with Gasteiger partial charge in [-0.05, 0) is 69.5 Å². The Balaban J connectivity index is 1.83. The summed E-state index contributed by atoms with van der Waals surface area (Å²) in [6.07, 6.45) is 0.211. The average Bonchev–Trinajstić information content (AvgIpc) is 2.68. The standard InChI is InChI=1S/C25H32O4/c1-18(2)16-26-20(5)28-24-11-7-22(8-12-24)15-23-9-13-25(14-10-23)29-21(6)27-17-19(3)4/h7-14,20-21H,1,3,15-17H2,2,4-6H3. The Morgan fingerprint density at radius 3 is 1.34 bits per heavy atom. The van der Waals surface area contributed by atoms with Gasteiger partial charge in [0.25, 0.3) is 0 Å². The van der Waals surface area contributed by atoms with Crippen LogP contribution in [0.3, 0.4) is 0 Å². The van der Waals surface area contributed by atoms with Gasteiger partial charge < -0.3 is 18.9 Å². The van der Waals surface area contributed by atoms with Crippen molar-refractivity contribution >= 4 is 0 Å². The van der Waals surface area contributed by atoms with Crippen LogP contribution in [0.25, 0.3) is 0 Å². The van der Waals surface area contributed by atoms with Crippen molar-refractivity contribution < 1.29 is 18.9 Å². The highest BCUT2D eigenvalue weighted by atomic mass is 16.7. The van der Waals surface area contributed by atoms with E-state index in [0.717, 1.165) is 29.1 Å². The first kappa shape index (κ1) is 22.7. The van der Waals surface area contributed by atoms with Gasteiger partial charge >= 0.3 is 0 Å². The zero-order valence-corrected chi connectivity index (χ0v) is 17.9. The zero-order valence-electron chi connectivity index (χ0n) is 17.9. The van der Waals surface area contributed by atoms with E-state index in [-0.39, 0.29) is 12.6 Å². The molecule has 29 heavy (non-hydrogen) atoms. The maximum absolute atomic E-state index is 5.76. The molecular weight excluding hydrogens is 364 g/mol. The molecule has 156 valence electrons. The van der Waals surface area contributed by atoms with E-state index in [0.29, 0.717) is 13.2 Å². The molecule has 4 heteroatoms. The molecule has 0 N–H and O–H groups in total. The molecule has 0 fully saturated rings. The Labute approximate surface area is 174 Å². The van der Waals surface area contributed by atoms with Gasteiger partial charge in [0.15, 0.2) is 12.6 Å². The van der Waals surface area contributed by atoms with Crippen LogP contribution in [0.2, 0.25) is 0 Å². The summed E-state index contributed by atoms with van der Waals surface area (Å²) < 4.78 is 22.6. The monoisotopic (exact) mass is 396 g/mol. The fourth-order valence-corrected chi connectivity index (χ4v) is 2.58. The van der Waals surface area contributed by atoms with E-state index >= 15 is 0 Å². The van der Waals surface area contributed by atoms with Gasteiger partial charge in [-0.25, -0.2) is 0 Å². The molecule has 4 nitrogen and oxygen atoms in total. The van der Waals surface area contributed by atoms with E-state index in [4.69, 9.17) is 18.9 Å². The van der Waals surface area contributed by atoms with E-state index < -0.39 is 0 Å². The molecule has 0 aliphatic heterocycles. The number of hydrogen-bond acceptors (Lipinski definition) is 4. The van der Waals surface area contributed by atoms with Crippen LogP contribution in [0.5, 0.6) is 11.5 Å². The van der Waals surface area contributed by atoms with Crippen LogP contribution in [0, 0.1) is 0 Å². The molecule has 0 aromatic heterocycles. The number of benzene rings is 2. The minimum Gasteiger partial charge on any atom is -0.465 e. The molecular formula is C25H32O4. The molecule has 0 saturated heterocycles. The van der Waals surface area contributed by atoms with E-state index in [2.05, 4.69) is 37.4 Å². The molecule has 0 aliphatic rings. The van der Waals surface area contributed by atoms with Gasteiger partial charge in [-0.3, -0.25) is 0 Å². The van der Waals surface area contributed by atoms with Crippen LogP contribution in [0.1, 0.15) is 38.8 Å². The highest BCUT2D eigenvalue weighted by molar-refractivity contribution is 5.34. The average molecular weight is 397 g/mol. The molecule has 0 radical (unpaired) electrons. The molecule has 2 aromatic rings. The second kappa shape index (κ2) is 11.4. The molecule has 2 aromatic carbocycles. The van der Waals surface area contributed by atoms with Gasteiger partial charge in [-0.15, -0.1) is 0 Å². The fraction of sp³-hybridized carbons (Fsp3) is 0.360. The van der Waals surface area contributed by atoms with Gasteiger partial charge in [0.2, 0.25) is 0 Å². The fourth-order valence-electron chi connectivity index (χ4n) is 2.58. The minimum absolute atomic E-state index is 0.313. The maximum Gasteiger partial charge on any atom is 0.197 e. The van der Waals surface area contributed by atoms with Crippen molar-refractivity contribution in [3.05, 3.63) is 84.0 Å². The predicted molar refractivity (Wildman–Crippen MR) is 117 cm³/mol. The third-order valence-corrected chi connectivity index (χ3v) is 3.99. The first-order chi connectivity index (χ1) is 13.8. The van der Waals surface area contributed by atoms with Crippen LogP contribution in [0.15, 0.2) is 72.8 Å². The van der Waals surface area contributed by atoms with Crippen molar-refractivity contribution in [3.63, 3.8) is 0 Å². The summed E-state index contributed by atoms with van der Waals surface area (Å²) in [5.74, 6) is 1.57. The van der Waals surface area contributed by atoms with Crippen molar-refractivity contribution in [2.75, 3.05) is 13.2 Å². The molecule has 2 unspecified atom stereocenters. The van der Waals surface area contributed by atoms with Crippen LogP contribution < -0.4 is 9.47 Å². The lowest BCUT2D eigenvalue weighted by atomic mass is 10.0. The Kier molecular flexibility index (Phi) is 8.97. The van der Waals surface area contributed by atoms with Gasteiger partial charge in [-0.1, -0.05) is 48.6 Å². The molecule has 0 saturated carbocycles. The summed E-state index contributed by atoms with van der Waals surface area (Å²) in [7, 11) is 0. The van der Waals surface area contributed by atoms with Crippen molar-refractivity contribution in [3.8, 4) is 11.5 Å². The normalized spacial score (nSPS) is 12.8.